The van der Waals surface area contributed by atoms with E-state index in [1.807, 2.05) is 24.3 Å². The highest BCUT2D eigenvalue weighted by atomic mass is 19.1. The van der Waals surface area contributed by atoms with Crippen LogP contribution in [-0.2, 0) is 13.0 Å². The normalized spacial score (nSPS) is 10.4. The Morgan fingerprint density at radius 2 is 1.64 bits per heavy atom. The van der Waals surface area contributed by atoms with Gasteiger partial charge in [0.05, 0.1) is 12.7 Å². The third kappa shape index (κ3) is 5.51. The average Bonchev–Trinajstić information content (AvgIpc) is 2.74. The van der Waals surface area contributed by atoms with Crippen molar-refractivity contribution in [1.82, 2.24) is 15.3 Å². The SMILES string of the molecule is COc1ccc(CNc2ncc(C(=O)NCCc3ccc(F)cc3)cn2)cc1. The maximum Gasteiger partial charge on any atom is 0.254 e. The number of hydrogen-bond donors (Lipinski definition) is 2. The van der Waals surface area contributed by atoms with E-state index in [0.29, 0.717) is 31.0 Å². The van der Waals surface area contributed by atoms with Gasteiger partial charge >= 0.3 is 0 Å². The number of carbonyl (C=O) groups excluding carboxylic acids is 1. The summed E-state index contributed by atoms with van der Waals surface area (Å²) in [7, 11) is 1.63. The van der Waals surface area contributed by atoms with Crippen molar-refractivity contribution >= 4 is 11.9 Å². The van der Waals surface area contributed by atoms with Gasteiger partial charge in [-0.2, -0.15) is 0 Å². The molecule has 2 N–H and O–H groups in total. The molecule has 1 heterocycles. The van der Waals surface area contributed by atoms with Crippen molar-refractivity contribution in [2.24, 2.45) is 0 Å². The van der Waals surface area contributed by atoms with Gasteiger partial charge in [-0.05, 0) is 41.8 Å². The van der Waals surface area contributed by atoms with Crippen LogP contribution >= 0.6 is 0 Å². The van der Waals surface area contributed by atoms with Gasteiger partial charge in [-0.15, -0.1) is 0 Å². The van der Waals surface area contributed by atoms with Crippen LogP contribution in [0.1, 0.15) is 21.5 Å². The number of nitrogens with zero attached hydrogens (tertiary/aromatic N) is 2. The first-order valence-electron chi connectivity index (χ1n) is 8.85. The van der Waals surface area contributed by atoms with Gasteiger partial charge in [-0.25, -0.2) is 14.4 Å². The summed E-state index contributed by atoms with van der Waals surface area (Å²) in [5.41, 5.74) is 2.40. The van der Waals surface area contributed by atoms with Gasteiger partial charge in [0.15, 0.2) is 0 Å². The second kappa shape index (κ2) is 9.45. The number of benzene rings is 2. The van der Waals surface area contributed by atoms with Crippen molar-refractivity contribution in [3.63, 3.8) is 0 Å². The van der Waals surface area contributed by atoms with Gasteiger partial charge in [0.25, 0.3) is 5.91 Å². The smallest absolute Gasteiger partial charge is 0.254 e. The second-order valence-electron chi connectivity index (χ2n) is 6.13. The van der Waals surface area contributed by atoms with Gasteiger partial charge in [0.1, 0.15) is 11.6 Å². The number of halogens is 1. The fourth-order valence-electron chi connectivity index (χ4n) is 2.53. The lowest BCUT2D eigenvalue weighted by Gasteiger charge is -2.07. The van der Waals surface area contributed by atoms with E-state index < -0.39 is 0 Å². The Labute approximate surface area is 162 Å². The number of hydrogen-bond acceptors (Lipinski definition) is 5. The molecule has 0 atom stereocenters. The molecular formula is C21H21FN4O2. The van der Waals surface area contributed by atoms with Crippen molar-refractivity contribution < 1.29 is 13.9 Å². The number of anilines is 1. The van der Waals surface area contributed by atoms with E-state index in [9.17, 15) is 9.18 Å². The monoisotopic (exact) mass is 380 g/mol. The Hall–Kier alpha value is -3.48. The summed E-state index contributed by atoms with van der Waals surface area (Å²) in [4.78, 5) is 20.5. The van der Waals surface area contributed by atoms with Crippen LogP contribution in [0.2, 0.25) is 0 Å². The topological polar surface area (TPSA) is 76.1 Å². The number of aromatic nitrogens is 2. The minimum Gasteiger partial charge on any atom is -0.497 e. The number of methoxy groups -OCH3 is 1. The molecule has 0 radical (unpaired) electrons. The zero-order valence-electron chi connectivity index (χ0n) is 15.5. The van der Waals surface area contributed by atoms with E-state index in [4.69, 9.17) is 4.74 Å². The summed E-state index contributed by atoms with van der Waals surface area (Å²) in [5.74, 6) is 0.725. The van der Waals surface area contributed by atoms with Gasteiger partial charge in [0, 0.05) is 25.5 Å². The van der Waals surface area contributed by atoms with Crippen molar-refractivity contribution in [3.05, 3.63) is 83.4 Å². The lowest BCUT2D eigenvalue weighted by atomic mass is 10.1. The Balaban J connectivity index is 1.46. The van der Waals surface area contributed by atoms with E-state index in [0.717, 1.165) is 16.9 Å². The summed E-state index contributed by atoms with van der Waals surface area (Å²) in [6, 6.07) is 13.9. The number of amides is 1. The average molecular weight is 380 g/mol. The number of rotatable bonds is 8. The molecule has 0 aliphatic carbocycles. The molecule has 0 aliphatic heterocycles. The molecule has 6 nitrogen and oxygen atoms in total. The second-order valence-corrected chi connectivity index (χ2v) is 6.13. The van der Waals surface area contributed by atoms with E-state index >= 15 is 0 Å². The van der Waals surface area contributed by atoms with Gasteiger partial charge in [0.2, 0.25) is 5.95 Å². The van der Waals surface area contributed by atoms with Crippen LogP contribution in [0.15, 0.2) is 60.9 Å². The van der Waals surface area contributed by atoms with Crippen molar-refractivity contribution in [3.8, 4) is 5.75 Å². The first-order chi connectivity index (χ1) is 13.6. The molecule has 0 aliphatic rings. The molecule has 7 heteroatoms. The Morgan fingerprint density at radius 1 is 1.00 bits per heavy atom. The van der Waals surface area contributed by atoms with Crippen LogP contribution < -0.4 is 15.4 Å². The highest BCUT2D eigenvalue weighted by Crippen LogP contribution is 2.12. The van der Waals surface area contributed by atoms with E-state index in [-0.39, 0.29) is 11.7 Å². The summed E-state index contributed by atoms with van der Waals surface area (Å²) in [6.07, 6.45) is 3.58. The molecule has 0 bridgehead atoms. The van der Waals surface area contributed by atoms with Gasteiger partial charge in [-0.3, -0.25) is 4.79 Å². The lowest BCUT2D eigenvalue weighted by Crippen LogP contribution is -2.26. The van der Waals surface area contributed by atoms with Crippen molar-refractivity contribution in [2.75, 3.05) is 19.0 Å². The van der Waals surface area contributed by atoms with Crippen molar-refractivity contribution in [2.45, 2.75) is 13.0 Å². The predicted octanol–water partition coefficient (Wildman–Crippen LogP) is 3.21. The number of ether oxygens (including phenoxy) is 1. The van der Waals surface area contributed by atoms with Crippen LogP contribution in [0.4, 0.5) is 10.3 Å². The van der Waals surface area contributed by atoms with Crippen LogP contribution in [0.3, 0.4) is 0 Å². The summed E-state index contributed by atoms with van der Waals surface area (Å²) in [5, 5.41) is 5.91. The van der Waals surface area contributed by atoms with Crippen LogP contribution in [0.5, 0.6) is 5.75 Å². The number of carbonyl (C=O) groups is 1. The molecule has 3 rings (SSSR count). The van der Waals surface area contributed by atoms with E-state index in [1.165, 1.54) is 24.5 Å². The molecule has 0 spiro atoms. The van der Waals surface area contributed by atoms with Gasteiger partial charge < -0.3 is 15.4 Å². The molecule has 2 aromatic carbocycles. The van der Waals surface area contributed by atoms with Crippen LogP contribution in [0, 0.1) is 5.82 Å². The fraction of sp³-hybridized carbons (Fsp3) is 0.190. The quantitative estimate of drug-likeness (QED) is 0.628. The maximum atomic E-state index is 12.9. The lowest BCUT2D eigenvalue weighted by molar-refractivity contribution is 0.0953. The molecule has 0 saturated heterocycles. The predicted molar refractivity (Wildman–Crippen MR) is 105 cm³/mol. The summed E-state index contributed by atoms with van der Waals surface area (Å²) in [6.45, 7) is 1.01. The standard InChI is InChI=1S/C21H21FN4O2/c1-28-19-8-4-16(5-9-19)12-24-21-25-13-17(14-26-21)20(27)23-11-10-15-2-6-18(22)7-3-15/h2-9,13-14H,10-12H2,1H3,(H,23,27)(H,24,25,26). The molecule has 28 heavy (non-hydrogen) atoms. The zero-order chi connectivity index (χ0) is 19.8. The molecule has 1 aromatic heterocycles. The van der Waals surface area contributed by atoms with Crippen LogP contribution in [-0.4, -0.2) is 29.5 Å². The Kier molecular flexibility index (Phi) is 6.51. The number of nitrogens with one attached hydrogen (secondary N) is 2. The molecule has 0 unspecified atom stereocenters. The zero-order valence-corrected chi connectivity index (χ0v) is 15.5. The highest BCUT2D eigenvalue weighted by molar-refractivity contribution is 5.93. The first kappa shape index (κ1) is 19.3. The van der Waals surface area contributed by atoms with Gasteiger partial charge in [-0.1, -0.05) is 24.3 Å². The molecule has 0 fully saturated rings. The highest BCUT2D eigenvalue weighted by Gasteiger charge is 2.07. The molecule has 0 saturated carbocycles. The summed E-state index contributed by atoms with van der Waals surface area (Å²) < 4.78 is 18.0. The largest absolute Gasteiger partial charge is 0.497 e. The fourth-order valence-corrected chi connectivity index (χ4v) is 2.53. The minimum absolute atomic E-state index is 0.246. The van der Waals surface area contributed by atoms with E-state index in [2.05, 4.69) is 20.6 Å². The molecule has 144 valence electrons. The first-order valence-corrected chi connectivity index (χ1v) is 8.85. The summed E-state index contributed by atoms with van der Waals surface area (Å²) >= 11 is 0. The van der Waals surface area contributed by atoms with Crippen molar-refractivity contribution in [1.29, 1.82) is 0 Å². The van der Waals surface area contributed by atoms with E-state index in [1.54, 1.807) is 19.2 Å². The molecule has 3 aromatic rings. The minimum atomic E-state index is -0.273. The molecule has 1 amide bonds. The molecular weight excluding hydrogens is 359 g/mol. The third-order valence-corrected chi connectivity index (χ3v) is 4.14. The Bertz CT molecular complexity index is 897. The Morgan fingerprint density at radius 3 is 2.29 bits per heavy atom. The third-order valence-electron chi connectivity index (χ3n) is 4.14. The maximum absolute atomic E-state index is 12.9. The van der Waals surface area contributed by atoms with Crippen LogP contribution in [0.25, 0.3) is 0 Å².